The van der Waals surface area contributed by atoms with Gasteiger partial charge in [0.15, 0.2) is 0 Å². The lowest BCUT2D eigenvalue weighted by molar-refractivity contribution is -0.130. The Kier molecular flexibility index (Phi) is 2.38. The molecule has 0 saturated heterocycles. The molecule has 0 radical (unpaired) electrons. The molecule has 2 aliphatic rings. The number of nitrogens with one attached hydrogen (secondary N) is 1. The first kappa shape index (κ1) is 13.6. The highest BCUT2D eigenvalue weighted by molar-refractivity contribution is 5.92. The van der Waals surface area contributed by atoms with Crippen LogP contribution in [-0.4, -0.2) is 15.9 Å². The van der Waals surface area contributed by atoms with E-state index in [1.807, 2.05) is 24.3 Å². The number of rotatable bonds is 1. The molecule has 2 aliphatic carbocycles. The molecule has 0 aliphatic heterocycles. The fourth-order valence-corrected chi connectivity index (χ4v) is 4.67. The molecular formula is C17H20N4O. The Morgan fingerprint density at radius 3 is 2.27 bits per heavy atom. The third kappa shape index (κ3) is 1.19. The quantitative estimate of drug-likeness (QED) is 0.479. The number of carbonyl (C=O) groups excluding carboxylic acids is 1. The van der Waals surface area contributed by atoms with Gasteiger partial charge in [0.1, 0.15) is 5.41 Å². The zero-order valence-electron chi connectivity index (χ0n) is 13.1. The number of fused-ring (bicyclic) bond motifs is 6. The van der Waals surface area contributed by atoms with Crippen molar-refractivity contribution < 1.29 is 4.79 Å². The Bertz CT molecular complexity index is 815. The molecule has 2 aromatic rings. The number of nitrogens with two attached hydrogens (primary N) is 1. The van der Waals surface area contributed by atoms with Gasteiger partial charge in [0.25, 0.3) is 0 Å². The summed E-state index contributed by atoms with van der Waals surface area (Å²) in [6.07, 6.45) is 1.69. The summed E-state index contributed by atoms with van der Waals surface area (Å²) in [5, 5.41) is 0. The topological polar surface area (TPSA) is 80.9 Å². The van der Waals surface area contributed by atoms with E-state index >= 15 is 0 Å². The summed E-state index contributed by atoms with van der Waals surface area (Å²) in [4.78, 5) is 22.5. The SMILES string of the molecule is CC1(C)[C@]2(C(=O)NN)CC[C@]1(C)c1nc3ccccc3nc12. The van der Waals surface area contributed by atoms with Gasteiger partial charge in [-0.05, 0) is 30.4 Å². The van der Waals surface area contributed by atoms with Crippen molar-refractivity contribution in [3.63, 3.8) is 0 Å². The van der Waals surface area contributed by atoms with Crippen LogP contribution in [0.3, 0.4) is 0 Å². The first-order valence-corrected chi connectivity index (χ1v) is 7.67. The molecule has 22 heavy (non-hydrogen) atoms. The van der Waals surface area contributed by atoms with Crippen LogP contribution in [-0.2, 0) is 15.6 Å². The summed E-state index contributed by atoms with van der Waals surface area (Å²) >= 11 is 0. The van der Waals surface area contributed by atoms with Crippen LogP contribution in [0.5, 0.6) is 0 Å². The Hall–Kier alpha value is -2.01. The van der Waals surface area contributed by atoms with Crippen molar-refractivity contribution in [3.05, 3.63) is 35.7 Å². The van der Waals surface area contributed by atoms with Crippen LogP contribution < -0.4 is 11.3 Å². The highest BCUT2D eigenvalue weighted by Crippen LogP contribution is 2.70. The number of hydrogen-bond acceptors (Lipinski definition) is 4. The maximum atomic E-state index is 12.7. The van der Waals surface area contributed by atoms with E-state index in [1.54, 1.807) is 0 Å². The molecule has 2 atom stereocenters. The van der Waals surface area contributed by atoms with Gasteiger partial charge in [-0.3, -0.25) is 10.2 Å². The highest BCUT2D eigenvalue weighted by atomic mass is 16.2. The van der Waals surface area contributed by atoms with E-state index < -0.39 is 5.41 Å². The van der Waals surface area contributed by atoms with Gasteiger partial charge in [-0.25, -0.2) is 15.8 Å². The molecule has 114 valence electrons. The van der Waals surface area contributed by atoms with E-state index in [-0.39, 0.29) is 16.7 Å². The Morgan fingerprint density at radius 1 is 1.09 bits per heavy atom. The number of carbonyl (C=O) groups is 1. The number of amides is 1. The van der Waals surface area contributed by atoms with Crippen molar-refractivity contribution in [2.45, 2.75) is 44.4 Å². The second-order valence-corrected chi connectivity index (χ2v) is 7.25. The van der Waals surface area contributed by atoms with E-state index in [9.17, 15) is 4.79 Å². The average molecular weight is 296 g/mol. The van der Waals surface area contributed by atoms with Crippen molar-refractivity contribution in [2.75, 3.05) is 0 Å². The van der Waals surface area contributed by atoms with Crippen LogP contribution in [0.4, 0.5) is 0 Å². The zero-order valence-corrected chi connectivity index (χ0v) is 13.1. The summed E-state index contributed by atoms with van der Waals surface area (Å²) in [6, 6.07) is 7.82. The van der Waals surface area contributed by atoms with Gasteiger partial charge in [-0.1, -0.05) is 32.9 Å². The van der Waals surface area contributed by atoms with Crippen molar-refractivity contribution in [1.82, 2.24) is 15.4 Å². The first-order chi connectivity index (χ1) is 10.4. The maximum Gasteiger partial charge on any atom is 0.246 e. The molecule has 5 nitrogen and oxygen atoms in total. The second kappa shape index (κ2) is 3.84. The Labute approximate surface area is 129 Å². The molecule has 2 bridgehead atoms. The fraction of sp³-hybridized carbons (Fsp3) is 0.471. The number of hydrogen-bond donors (Lipinski definition) is 2. The van der Waals surface area contributed by atoms with Crippen molar-refractivity contribution in [1.29, 1.82) is 0 Å². The van der Waals surface area contributed by atoms with E-state index in [4.69, 9.17) is 15.8 Å². The van der Waals surface area contributed by atoms with Gasteiger partial charge in [-0.2, -0.15) is 0 Å². The predicted molar refractivity (Wildman–Crippen MR) is 83.9 cm³/mol. The molecular weight excluding hydrogens is 276 g/mol. The van der Waals surface area contributed by atoms with E-state index in [2.05, 4.69) is 26.2 Å². The number of nitrogens with zero attached hydrogens (tertiary/aromatic N) is 2. The number of para-hydroxylation sites is 2. The molecule has 3 N–H and O–H groups in total. The molecule has 5 heteroatoms. The molecule has 1 aromatic heterocycles. The average Bonchev–Trinajstić information content (AvgIpc) is 2.81. The van der Waals surface area contributed by atoms with Crippen molar-refractivity contribution in [2.24, 2.45) is 11.3 Å². The van der Waals surface area contributed by atoms with Crippen molar-refractivity contribution in [3.8, 4) is 0 Å². The van der Waals surface area contributed by atoms with Crippen LogP contribution in [0.15, 0.2) is 24.3 Å². The third-order valence-corrected chi connectivity index (χ3v) is 6.46. The summed E-state index contributed by atoms with van der Waals surface area (Å²) in [5.41, 5.74) is 4.74. The molecule has 0 unspecified atom stereocenters. The molecule has 1 aromatic carbocycles. The van der Waals surface area contributed by atoms with E-state index in [1.165, 1.54) is 0 Å². The fourth-order valence-electron chi connectivity index (χ4n) is 4.67. The molecule has 4 rings (SSSR count). The summed E-state index contributed by atoms with van der Waals surface area (Å²) < 4.78 is 0. The van der Waals surface area contributed by atoms with Gasteiger partial charge in [0.2, 0.25) is 5.91 Å². The third-order valence-electron chi connectivity index (χ3n) is 6.46. The lowest BCUT2D eigenvalue weighted by Gasteiger charge is -2.39. The van der Waals surface area contributed by atoms with Gasteiger partial charge in [-0.15, -0.1) is 0 Å². The summed E-state index contributed by atoms with van der Waals surface area (Å²) in [6.45, 7) is 6.49. The molecule has 1 fully saturated rings. The molecule has 1 amide bonds. The van der Waals surface area contributed by atoms with E-state index in [0.29, 0.717) is 0 Å². The standard InChI is InChI=1S/C17H20N4O/c1-15(2)16(3)8-9-17(15,14(22)21-18)13-12(16)19-10-6-4-5-7-11(10)20-13/h4-7H,8-9,18H2,1-3H3,(H,21,22)/t16-,17-/m1/s1. The van der Waals surface area contributed by atoms with Crippen LogP contribution in [0.2, 0.25) is 0 Å². The van der Waals surface area contributed by atoms with Gasteiger partial charge in [0.05, 0.1) is 22.4 Å². The Balaban J connectivity index is 2.12. The normalized spacial score (nSPS) is 31.3. The Morgan fingerprint density at radius 2 is 1.68 bits per heavy atom. The number of aromatic nitrogens is 2. The van der Waals surface area contributed by atoms with Gasteiger partial charge >= 0.3 is 0 Å². The van der Waals surface area contributed by atoms with Gasteiger partial charge in [0, 0.05) is 5.41 Å². The van der Waals surface area contributed by atoms with Crippen LogP contribution in [0, 0.1) is 5.41 Å². The van der Waals surface area contributed by atoms with Crippen molar-refractivity contribution >= 4 is 16.9 Å². The number of benzene rings is 1. The largest absolute Gasteiger partial charge is 0.293 e. The van der Waals surface area contributed by atoms with Crippen LogP contribution in [0.1, 0.15) is 45.0 Å². The molecule has 0 spiro atoms. The monoisotopic (exact) mass is 296 g/mol. The second-order valence-electron chi connectivity index (χ2n) is 7.25. The maximum absolute atomic E-state index is 12.7. The van der Waals surface area contributed by atoms with Crippen LogP contribution >= 0.6 is 0 Å². The summed E-state index contributed by atoms with van der Waals surface area (Å²) in [5.74, 6) is 5.37. The zero-order chi connectivity index (χ0) is 15.8. The number of hydrazine groups is 1. The molecule has 1 heterocycles. The smallest absolute Gasteiger partial charge is 0.246 e. The lowest BCUT2D eigenvalue weighted by Crippen LogP contribution is -2.53. The minimum Gasteiger partial charge on any atom is -0.293 e. The van der Waals surface area contributed by atoms with Gasteiger partial charge < -0.3 is 0 Å². The first-order valence-electron chi connectivity index (χ1n) is 7.67. The lowest BCUT2D eigenvalue weighted by atomic mass is 9.63. The van der Waals surface area contributed by atoms with Crippen LogP contribution in [0.25, 0.3) is 11.0 Å². The predicted octanol–water partition coefficient (Wildman–Crippen LogP) is 1.95. The molecule has 1 saturated carbocycles. The minimum atomic E-state index is -0.692. The summed E-state index contributed by atoms with van der Waals surface area (Å²) in [7, 11) is 0. The highest BCUT2D eigenvalue weighted by Gasteiger charge is 2.73. The minimum absolute atomic E-state index is 0.149. The van der Waals surface area contributed by atoms with E-state index in [0.717, 1.165) is 35.3 Å².